The Morgan fingerprint density at radius 3 is 2.51 bits per heavy atom. The lowest BCUT2D eigenvalue weighted by atomic mass is 10.1. The van der Waals surface area contributed by atoms with Gasteiger partial charge in [-0.05, 0) is 44.0 Å². The second-order valence-electron chi connectivity index (χ2n) is 9.72. The van der Waals surface area contributed by atoms with Crippen molar-refractivity contribution >= 4 is 29.4 Å². The molecule has 1 aliphatic heterocycles. The minimum Gasteiger partial charge on any atom is -0.428 e. The number of ether oxygens (including phenoxy) is 2. The number of piperazine rings is 1. The molecule has 2 aromatic carbocycles. The van der Waals surface area contributed by atoms with Crippen molar-refractivity contribution in [1.29, 1.82) is 0 Å². The number of anilines is 1. The van der Waals surface area contributed by atoms with Gasteiger partial charge in [0.2, 0.25) is 6.79 Å². The lowest BCUT2D eigenvalue weighted by molar-refractivity contribution is -0.168. The number of carbonyl (C=O) groups excluding carboxylic acids is 2. The van der Waals surface area contributed by atoms with Crippen molar-refractivity contribution in [2.75, 3.05) is 31.3 Å². The summed E-state index contributed by atoms with van der Waals surface area (Å²) < 4.78 is 10.6. The molecule has 6 nitrogen and oxygen atoms in total. The number of hydrogen-bond donors (Lipinski definition) is 1. The number of esters is 2. The fourth-order valence-corrected chi connectivity index (χ4v) is 5.59. The highest BCUT2D eigenvalue weighted by Gasteiger charge is 2.31. The zero-order valence-corrected chi connectivity index (χ0v) is 23.4. The topological polar surface area (TPSA) is 67.9 Å². The van der Waals surface area contributed by atoms with Crippen LogP contribution in [-0.2, 0) is 19.1 Å². The first-order valence-electron chi connectivity index (χ1n) is 13.6. The average molecular weight is 527 g/mol. The zero-order chi connectivity index (χ0) is 26.5. The predicted octanol–water partition coefficient (Wildman–Crippen LogP) is 6.42. The van der Waals surface area contributed by atoms with Crippen molar-refractivity contribution in [1.82, 2.24) is 5.32 Å². The maximum atomic E-state index is 13.0. The largest absolute Gasteiger partial charge is 0.428 e. The Labute approximate surface area is 226 Å². The maximum absolute atomic E-state index is 13.0. The van der Waals surface area contributed by atoms with Gasteiger partial charge in [-0.3, -0.25) is 4.79 Å². The van der Waals surface area contributed by atoms with E-state index in [0.717, 1.165) is 36.4 Å². The van der Waals surface area contributed by atoms with Crippen LogP contribution in [0.1, 0.15) is 69.4 Å². The molecule has 0 spiro atoms. The van der Waals surface area contributed by atoms with E-state index in [1.54, 1.807) is 11.8 Å². The number of nitrogens with one attached hydrogen (secondary N) is 1. The van der Waals surface area contributed by atoms with Crippen LogP contribution in [0.4, 0.5) is 5.69 Å². The second kappa shape index (κ2) is 15.7. The third-order valence-corrected chi connectivity index (χ3v) is 7.89. The first kappa shape index (κ1) is 29.1. The summed E-state index contributed by atoms with van der Waals surface area (Å²) in [7, 11) is 0. The number of hydrogen-bond acceptors (Lipinski definition) is 7. The van der Waals surface area contributed by atoms with Gasteiger partial charge in [0.15, 0.2) is 0 Å². The summed E-state index contributed by atoms with van der Waals surface area (Å²) in [6, 6.07) is 14.1. The van der Waals surface area contributed by atoms with Crippen LogP contribution >= 0.6 is 11.8 Å². The number of carbonyl (C=O) groups is 2. The van der Waals surface area contributed by atoms with Crippen LogP contribution in [0.2, 0.25) is 0 Å². The van der Waals surface area contributed by atoms with Gasteiger partial charge in [0.1, 0.15) is 6.04 Å². The quantitative estimate of drug-likeness (QED) is 0.173. The van der Waals surface area contributed by atoms with Crippen molar-refractivity contribution < 1.29 is 19.1 Å². The molecule has 1 fully saturated rings. The van der Waals surface area contributed by atoms with E-state index in [4.69, 9.17) is 9.47 Å². The third-order valence-electron chi connectivity index (χ3n) is 6.65. The molecule has 37 heavy (non-hydrogen) atoms. The van der Waals surface area contributed by atoms with Gasteiger partial charge in [-0.2, -0.15) is 0 Å². The minimum atomic E-state index is -0.489. The summed E-state index contributed by atoms with van der Waals surface area (Å²) in [4.78, 5) is 29.4. The molecule has 0 saturated carbocycles. The van der Waals surface area contributed by atoms with Gasteiger partial charge in [-0.15, -0.1) is 0 Å². The zero-order valence-electron chi connectivity index (χ0n) is 22.6. The van der Waals surface area contributed by atoms with Crippen LogP contribution in [0.5, 0.6) is 0 Å². The van der Waals surface area contributed by atoms with Gasteiger partial charge < -0.3 is 19.7 Å². The Kier molecular flexibility index (Phi) is 12.3. The summed E-state index contributed by atoms with van der Waals surface area (Å²) in [5.41, 5.74) is 3.48. The van der Waals surface area contributed by atoms with E-state index in [2.05, 4.69) is 61.3 Å². The molecule has 1 aliphatic rings. The minimum absolute atomic E-state index is 0.310. The smallest absolute Gasteiger partial charge is 0.332 e. The molecule has 1 N–H and O–H groups in total. The molecule has 0 radical (unpaired) electrons. The molecular formula is C30H42N2O4S. The van der Waals surface area contributed by atoms with Gasteiger partial charge in [-0.25, -0.2) is 4.79 Å². The van der Waals surface area contributed by atoms with E-state index in [-0.39, 0.29) is 18.7 Å². The van der Waals surface area contributed by atoms with Gasteiger partial charge in [0, 0.05) is 35.8 Å². The summed E-state index contributed by atoms with van der Waals surface area (Å²) in [5.74, 6) is -0.697. The molecule has 0 aromatic heterocycles. The molecule has 0 aliphatic carbocycles. The highest BCUT2D eigenvalue weighted by Crippen LogP contribution is 2.38. The highest BCUT2D eigenvalue weighted by molar-refractivity contribution is 7.99. The van der Waals surface area contributed by atoms with Crippen LogP contribution in [-0.4, -0.2) is 44.4 Å². The van der Waals surface area contributed by atoms with E-state index in [1.165, 1.54) is 41.7 Å². The number of rotatable bonds is 14. The summed E-state index contributed by atoms with van der Waals surface area (Å²) >= 11 is 1.71. The Hall–Kier alpha value is -2.51. The number of unbranched alkanes of at least 4 members (excludes halogenated alkanes) is 6. The summed E-state index contributed by atoms with van der Waals surface area (Å²) in [6.07, 6.45) is 8.35. The van der Waals surface area contributed by atoms with Crippen LogP contribution in [0.15, 0.2) is 52.3 Å². The lowest BCUT2D eigenvalue weighted by Gasteiger charge is -2.37. The molecule has 1 heterocycles. The summed E-state index contributed by atoms with van der Waals surface area (Å²) in [6.45, 7) is 8.03. The molecule has 1 unspecified atom stereocenters. The van der Waals surface area contributed by atoms with E-state index in [0.29, 0.717) is 19.5 Å². The number of benzene rings is 2. The van der Waals surface area contributed by atoms with Gasteiger partial charge in [-0.1, -0.05) is 87.0 Å². The van der Waals surface area contributed by atoms with Crippen molar-refractivity contribution in [3.05, 3.63) is 53.6 Å². The fourth-order valence-electron chi connectivity index (χ4n) is 4.56. The van der Waals surface area contributed by atoms with E-state index in [9.17, 15) is 9.59 Å². The van der Waals surface area contributed by atoms with Gasteiger partial charge in [0.05, 0.1) is 5.69 Å². The molecule has 1 saturated heterocycles. The van der Waals surface area contributed by atoms with Crippen LogP contribution in [0.25, 0.3) is 0 Å². The molecule has 1 atom stereocenters. The first-order chi connectivity index (χ1) is 18.0. The van der Waals surface area contributed by atoms with Crippen molar-refractivity contribution in [2.45, 2.75) is 88.0 Å². The highest BCUT2D eigenvalue weighted by atomic mass is 32.2. The molecular weight excluding hydrogens is 484 g/mol. The lowest BCUT2D eigenvalue weighted by Crippen LogP contribution is -2.56. The molecule has 202 valence electrons. The van der Waals surface area contributed by atoms with Gasteiger partial charge >= 0.3 is 11.9 Å². The van der Waals surface area contributed by atoms with Crippen molar-refractivity contribution in [3.63, 3.8) is 0 Å². The van der Waals surface area contributed by atoms with Crippen molar-refractivity contribution in [3.8, 4) is 0 Å². The van der Waals surface area contributed by atoms with Crippen LogP contribution in [0.3, 0.4) is 0 Å². The monoisotopic (exact) mass is 526 g/mol. The Bertz CT molecular complexity index is 1010. The van der Waals surface area contributed by atoms with Crippen molar-refractivity contribution in [2.24, 2.45) is 0 Å². The standard InChI is InChI=1S/C30H42N2O4S/c1-4-5-6-7-8-9-10-15-29(33)35-22-36-30(34)26-21-31-18-19-32(26)25-13-11-12-14-28(25)37-27-17-16-23(2)20-24(27)3/h11-14,16-17,20,26,31H,4-10,15,18-19,21-22H2,1-3H3. The Morgan fingerprint density at radius 1 is 0.973 bits per heavy atom. The van der Waals surface area contributed by atoms with E-state index >= 15 is 0 Å². The van der Waals surface area contributed by atoms with Crippen LogP contribution < -0.4 is 10.2 Å². The first-order valence-corrected chi connectivity index (χ1v) is 14.4. The van der Waals surface area contributed by atoms with E-state index < -0.39 is 6.04 Å². The average Bonchev–Trinajstić information content (AvgIpc) is 2.90. The number of aryl methyl sites for hydroxylation is 2. The number of nitrogens with zero attached hydrogens (tertiary/aromatic N) is 1. The normalized spacial score (nSPS) is 15.4. The molecule has 2 aromatic rings. The molecule has 3 rings (SSSR count). The maximum Gasteiger partial charge on any atom is 0.332 e. The molecule has 0 amide bonds. The summed E-state index contributed by atoms with van der Waals surface area (Å²) in [5, 5.41) is 3.29. The second-order valence-corrected chi connectivity index (χ2v) is 10.8. The Balaban J connectivity index is 1.52. The molecule has 0 bridgehead atoms. The van der Waals surface area contributed by atoms with Gasteiger partial charge in [0.25, 0.3) is 0 Å². The third kappa shape index (κ3) is 9.38. The van der Waals surface area contributed by atoms with Crippen LogP contribution in [0, 0.1) is 13.8 Å². The fraction of sp³-hybridized carbons (Fsp3) is 0.533. The predicted molar refractivity (Wildman–Crippen MR) is 150 cm³/mol. The Morgan fingerprint density at radius 2 is 1.73 bits per heavy atom. The molecule has 7 heteroatoms. The SMILES string of the molecule is CCCCCCCCCC(=O)OCOC(=O)C1CNCCN1c1ccccc1Sc1ccc(C)cc1C. The number of para-hydroxylation sites is 1. The van der Waals surface area contributed by atoms with E-state index in [1.807, 2.05) is 12.1 Å².